The molecule has 0 radical (unpaired) electrons. The summed E-state index contributed by atoms with van der Waals surface area (Å²) in [5.74, 6) is -0.956. The molecule has 10 heteroatoms. The van der Waals surface area contributed by atoms with E-state index in [9.17, 15) is 18.0 Å². The predicted molar refractivity (Wildman–Crippen MR) is 145 cm³/mol. The summed E-state index contributed by atoms with van der Waals surface area (Å²) in [5, 5.41) is 2.04. The number of carbonyl (C=O) groups excluding carboxylic acids is 2. The molecule has 1 heterocycles. The van der Waals surface area contributed by atoms with Gasteiger partial charge in [0, 0.05) is 24.5 Å². The lowest BCUT2D eigenvalue weighted by atomic mass is 10.1. The van der Waals surface area contributed by atoms with Gasteiger partial charge in [0.25, 0.3) is 5.91 Å². The summed E-state index contributed by atoms with van der Waals surface area (Å²) < 4.78 is 34.6. The molecule has 0 bridgehead atoms. The standard InChI is InChI=1S/C27H29N3O5S2/c1-4-6-17-29(3)37(33,34)21-14-11-20(12-15-21)26(32)28-27-30(18-24(31)35-5-2)23-16-13-19-9-7-8-10-22(19)25(23)36-27/h7-16H,4-6,17-18H2,1-3H3. The number of hydrogen-bond acceptors (Lipinski definition) is 6. The maximum absolute atomic E-state index is 13.1. The molecular weight excluding hydrogens is 510 g/mol. The van der Waals surface area contributed by atoms with E-state index in [-0.39, 0.29) is 23.6 Å². The quantitative estimate of drug-likeness (QED) is 0.290. The Morgan fingerprint density at radius 1 is 1.03 bits per heavy atom. The normalized spacial score (nSPS) is 12.5. The molecule has 1 amide bonds. The minimum Gasteiger partial charge on any atom is -0.465 e. The number of esters is 1. The van der Waals surface area contributed by atoms with E-state index in [0.29, 0.717) is 11.3 Å². The third-order valence-electron chi connectivity index (χ3n) is 6.00. The number of fused-ring (bicyclic) bond motifs is 3. The molecule has 194 valence electrons. The van der Waals surface area contributed by atoms with Crippen LogP contribution in [0.4, 0.5) is 0 Å². The molecular formula is C27H29N3O5S2. The van der Waals surface area contributed by atoms with Crippen LogP contribution >= 0.6 is 11.3 Å². The molecule has 0 aliphatic heterocycles. The maximum Gasteiger partial charge on any atom is 0.326 e. The minimum absolute atomic E-state index is 0.0838. The average molecular weight is 540 g/mol. The summed E-state index contributed by atoms with van der Waals surface area (Å²) in [6.07, 6.45) is 1.65. The SMILES string of the molecule is CCCCN(C)S(=O)(=O)c1ccc(C(=O)N=c2sc3c4ccccc4ccc3n2CC(=O)OCC)cc1. The first-order chi connectivity index (χ1) is 17.8. The molecule has 0 saturated carbocycles. The van der Waals surface area contributed by atoms with Crippen molar-refractivity contribution in [2.75, 3.05) is 20.2 Å². The van der Waals surface area contributed by atoms with E-state index in [2.05, 4.69) is 4.99 Å². The van der Waals surface area contributed by atoms with Crippen molar-refractivity contribution in [3.8, 4) is 0 Å². The van der Waals surface area contributed by atoms with Crippen LogP contribution in [0.15, 0.2) is 70.6 Å². The number of carbonyl (C=O) groups is 2. The van der Waals surface area contributed by atoms with Crippen molar-refractivity contribution in [1.29, 1.82) is 0 Å². The molecule has 0 saturated heterocycles. The molecule has 0 unspecified atom stereocenters. The van der Waals surface area contributed by atoms with Gasteiger partial charge in [-0.15, -0.1) is 0 Å². The van der Waals surface area contributed by atoms with Gasteiger partial charge in [-0.1, -0.05) is 55.0 Å². The van der Waals surface area contributed by atoms with E-state index in [0.717, 1.165) is 33.8 Å². The predicted octanol–water partition coefficient (Wildman–Crippen LogP) is 4.58. The first-order valence-corrected chi connectivity index (χ1v) is 14.3. The lowest BCUT2D eigenvalue weighted by Crippen LogP contribution is -2.27. The summed E-state index contributed by atoms with van der Waals surface area (Å²) in [7, 11) is -2.09. The Balaban J connectivity index is 1.73. The minimum atomic E-state index is -3.64. The van der Waals surface area contributed by atoms with Crippen molar-refractivity contribution in [2.45, 2.75) is 38.1 Å². The Bertz CT molecular complexity index is 1620. The second kappa shape index (κ2) is 11.4. The lowest BCUT2D eigenvalue weighted by molar-refractivity contribution is -0.143. The van der Waals surface area contributed by atoms with Crippen LogP contribution < -0.4 is 4.80 Å². The maximum atomic E-state index is 13.1. The number of thiazole rings is 1. The Morgan fingerprint density at radius 3 is 2.46 bits per heavy atom. The fraction of sp³-hybridized carbons (Fsp3) is 0.296. The highest BCUT2D eigenvalue weighted by Gasteiger charge is 2.21. The molecule has 0 N–H and O–H groups in total. The summed E-state index contributed by atoms with van der Waals surface area (Å²) in [4.78, 5) is 30.3. The Hall–Kier alpha value is -3.34. The molecule has 0 atom stereocenters. The molecule has 1 aromatic heterocycles. The monoisotopic (exact) mass is 539 g/mol. The van der Waals surface area contributed by atoms with E-state index < -0.39 is 21.9 Å². The van der Waals surface area contributed by atoms with Crippen LogP contribution in [0.25, 0.3) is 21.0 Å². The van der Waals surface area contributed by atoms with Crippen LogP contribution in [0, 0.1) is 0 Å². The Kier molecular flexibility index (Phi) is 8.21. The number of unbranched alkanes of at least 4 members (excludes halogenated alkanes) is 1. The third-order valence-corrected chi connectivity index (χ3v) is 9.00. The second-order valence-electron chi connectivity index (χ2n) is 8.53. The van der Waals surface area contributed by atoms with E-state index in [1.54, 1.807) is 18.5 Å². The highest BCUT2D eigenvalue weighted by Crippen LogP contribution is 2.28. The number of benzene rings is 3. The third kappa shape index (κ3) is 5.66. The molecule has 4 aromatic rings. The van der Waals surface area contributed by atoms with Gasteiger partial charge in [-0.05, 0) is 49.1 Å². The van der Waals surface area contributed by atoms with Gasteiger partial charge in [-0.3, -0.25) is 9.59 Å². The highest BCUT2D eigenvalue weighted by atomic mass is 32.2. The lowest BCUT2D eigenvalue weighted by Gasteiger charge is -2.16. The van der Waals surface area contributed by atoms with Crippen LogP contribution in [-0.2, 0) is 26.1 Å². The molecule has 8 nitrogen and oxygen atoms in total. The molecule has 0 aliphatic carbocycles. The van der Waals surface area contributed by atoms with Gasteiger partial charge in [0.05, 0.1) is 21.7 Å². The van der Waals surface area contributed by atoms with Gasteiger partial charge in [-0.2, -0.15) is 4.99 Å². The van der Waals surface area contributed by atoms with Gasteiger partial charge in [-0.25, -0.2) is 12.7 Å². The van der Waals surface area contributed by atoms with Crippen LogP contribution in [0.3, 0.4) is 0 Å². The number of hydrogen-bond donors (Lipinski definition) is 0. The smallest absolute Gasteiger partial charge is 0.326 e. The zero-order valence-electron chi connectivity index (χ0n) is 21.0. The second-order valence-corrected chi connectivity index (χ2v) is 11.6. The van der Waals surface area contributed by atoms with Gasteiger partial charge in [0.2, 0.25) is 10.0 Å². The van der Waals surface area contributed by atoms with Crippen LogP contribution in [0.2, 0.25) is 0 Å². The Labute approximate surface area is 219 Å². The topological polar surface area (TPSA) is 98.0 Å². The average Bonchev–Trinajstić information content (AvgIpc) is 3.24. The van der Waals surface area contributed by atoms with Gasteiger partial charge in [0.15, 0.2) is 4.80 Å². The zero-order valence-corrected chi connectivity index (χ0v) is 22.6. The first kappa shape index (κ1) is 26.7. The van der Waals surface area contributed by atoms with Gasteiger partial charge >= 0.3 is 5.97 Å². The van der Waals surface area contributed by atoms with Gasteiger partial charge < -0.3 is 9.30 Å². The molecule has 37 heavy (non-hydrogen) atoms. The zero-order chi connectivity index (χ0) is 26.6. The molecule has 0 fully saturated rings. The molecule has 4 rings (SSSR count). The van der Waals surface area contributed by atoms with Crippen LogP contribution in [0.5, 0.6) is 0 Å². The summed E-state index contributed by atoms with van der Waals surface area (Å²) >= 11 is 1.32. The van der Waals surface area contributed by atoms with Crippen LogP contribution in [-0.4, -0.2) is 49.4 Å². The number of amides is 1. The van der Waals surface area contributed by atoms with E-state index in [1.807, 2.05) is 43.3 Å². The highest BCUT2D eigenvalue weighted by molar-refractivity contribution is 7.89. The Morgan fingerprint density at radius 2 is 1.76 bits per heavy atom. The molecule has 0 aliphatic rings. The van der Waals surface area contributed by atoms with Gasteiger partial charge in [0.1, 0.15) is 6.54 Å². The fourth-order valence-electron chi connectivity index (χ4n) is 3.97. The van der Waals surface area contributed by atoms with E-state index in [4.69, 9.17) is 4.74 Å². The number of aromatic nitrogens is 1. The van der Waals surface area contributed by atoms with Crippen molar-refractivity contribution in [1.82, 2.24) is 8.87 Å². The number of rotatable bonds is 9. The first-order valence-electron chi connectivity index (χ1n) is 12.1. The fourth-order valence-corrected chi connectivity index (χ4v) is 6.35. The summed E-state index contributed by atoms with van der Waals surface area (Å²) in [5.41, 5.74) is 1.03. The van der Waals surface area contributed by atoms with Crippen molar-refractivity contribution in [3.05, 3.63) is 71.0 Å². The van der Waals surface area contributed by atoms with Crippen molar-refractivity contribution in [3.63, 3.8) is 0 Å². The van der Waals surface area contributed by atoms with E-state index >= 15 is 0 Å². The number of nitrogens with zero attached hydrogens (tertiary/aromatic N) is 3. The summed E-state index contributed by atoms with van der Waals surface area (Å²) in [6, 6.07) is 17.5. The largest absolute Gasteiger partial charge is 0.465 e. The summed E-state index contributed by atoms with van der Waals surface area (Å²) in [6.45, 7) is 4.33. The number of sulfonamides is 1. The molecule has 3 aromatic carbocycles. The van der Waals surface area contributed by atoms with Crippen molar-refractivity contribution >= 4 is 54.2 Å². The number of ether oxygens (including phenoxy) is 1. The van der Waals surface area contributed by atoms with Crippen molar-refractivity contribution < 1.29 is 22.7 Å². The van der Waals surface area contributed by atoms with Crippen molar-refractivity contribution in [2.24, 2.45) is 4.99 Å². The van der Waals surface area contributed by atoms with E-state index in [1.165, 1.54) is 39.9 Å². The van der Waals surface area contributed by atoms with Crippen LogP contribution in [0.1, 0.15) is 37.0 Å². The molecule has 0 spiro atoms.